The van der Waals surface area contributed by atoms with Gasteiger partial charge in [0.05, 0.1) is 6.54 Å². The number of benzene rings is 1. The summed E-state index contributed by atoms with van der Waals surface area (Å²) in [6, 6.07) is 7.70. The largest absolute Gasteiger partial charge is 0.554 e. The van der Waals surface area contributed by atoms with Crippen molar-refractivity contribution in [2.45, 2.75) is 0 Å². The van der Waals surface area contributed by atoms with Crippen molar-refractivity contribution < 1.29 is 19.3 Å². The van der Waals surface area contributed by atoms with Crippen LogP contribution in [0, 0.1) is 5.92 Å². The molecule has 21 heavy (non-hydrogen) atoms. The van der Waals surface area contributed by atoms with Crippen molar-refractivity contribution in [1.29, 1.82) is 0 Å². The summed E-state index contributed by atoms with van der Waals surface area (Å²) in [5.74, 6) is -0.254. The van der Waals surface area contributed by atoms with E-state index < -0.39 is 19.0 Å². The molecule has 1 aliphatic rings. The molecular formula is C14H17B2NO4. The van der Waals surface area contributed by atoms with Crippen LogP contribution < -0.4 is 5.46 Å². The van der Waals surface area contributed by atoms with Crippen LogP contribution in [0.5, 0.6) is 0 Å². The van der Waals surface area contributed by atoms with Gasteiger partial charge in [-0.1, -0.05) is 35.8 Å². The summed E-state index contributed by atoms with van der Waals surface area (Å²) in [6.07, 6.45) is 1.67. The van der Waals surface area contributed by atoms with Gasteiger partial charge in [0.25, 0.3) is 0 Å². The van der Waals surface area contributed by atoms with E-state index in [-0.39, 0.29) is 12.3 Å². The zero-order valence-electron chi connectivity index (χ0n) is 12.2. The van der Waals surface area contributed by atoms with E-state index in [1.54, 1.807) is 18.0 Å². The summed E-state index contributed by atoms with van der Waals surface area (Å²) < 4.78 is 4.89. The zero-order chi connectivity index (χ0) is 15.4. The van der Waals surface area contributed by atoms with Gasteiger partial charge in [-0.25, -0.2) is 0 Å². The van der Waals surface area contributed by atoms with Gasteiger partial charge < -0.3 is 9.68 Å². The van der Waals surface area contributed by atoms with Crippen LogP contribution in [0.25, 0.3) is 6.08 Å². The van der Waals surface area contributed by atoms with Crippen LogP contribution in [-0.2, 0) is 14.2 Å². The molecule has 5 nitrogen and oxygen atoms in total. The molecule has 1 atom stereocenters. The summed E-state index contributed by atoms with van der Waals surface area (Å²) in [5, 5.41) is 9.71. The summed E-state index contributed by atoms with van der Waals surface area (Å²) in [4.78, 5) is 25.1. The van der Waals surface area contributed by atoms with Crippen LogP contribution in [0.15, 0.2) is 30.2 Å². The summed E-state index contributed by atoms with van der Waals surface area (Å²) in [5.41, 5.74) is 2.00. The Morgan fingerprint density at radius 2 is 2.33 bits per heavy atom. The topological polar surface area (TPSA) is 66.8 Å². The number of Topliss-reactive ketones (excluding diaryl/α,β-unsaturated/α-hetero) is 1. The van der Waals surface area contributed by atoms with Gasteiger partial charge in [-0.15, -0.1) is 0 Å². The number of hydrogen-bond donors (Lipinski definition) is 1. The molecule has 0 saturated carbocycles. The number of carbonyl (C=O) groups is 2. The third-order valence-electron chi connectivity index (χ3n) is 3.33. The van der Waals surface area contributed by atoms with E-state index in [4.69, 9.17) is 4.65 Å². The molecule has 0 radical (unpaired) electrons. The van der Waals surface area contributed by atoms with Gasteiger partial charge in [-0.05, 0) is 18.6 Å². The minimum Gasteiger partial charge on any atom is -0.506 e. The molecular weight excluding hydrogens is 268 g/mol. The van der Waals surface area contributed by atoms with Crippen LogP contribution in [0.4, 0.5) is 0 Å². The summed E-state index contributed by atoms with van der Waals surface area (Å²) in [7, 11) is 2.38. The molecule has 0 aromatic heterocycles. The maximum atomic E-state index is 11.8. The van der Waals surface area contributed by atoms with Crippen LogP contribution in [0.2, 0.25) is 0 Å². The molecule has 0 bridgehead atoms. The highest BCUT2D eigenvalue weighted by Gasteiger charge is 2.36. The standard InChI is InChI=1S/C14H17B2NO4/c1-17-8-12(13(18)9-17)14(19)21-16(20)6-5-10-3-2-4-11(15)7-10/h2-7,12,20H,8-9,15H2,1H3/b6-5+. The lowest BCUT2D eigenvalue weighted by molar-refractivity contribution is -0.142. The fourth-order valence-corrected chi connectivity index (χ4v) is 2.27. The first-order valence-electron chi connectivity index (χ1n) is 6.80. The highest BCUT2D eigenvalue weighted by atomic mass is 16.6. The van der Waals surface area contributed by atoms with Crippen LogP contribution in [0.1, 0.15) is 5.56 Å². The van der Waals surface area contributed by atoms with Crippen molar-refractivity contribution in [3.8, 4) is 0 Å². The number of carbonyl (C=O) groups excluding carboxylic acids is 2. The van der Waals surface area contributed by atoms with E-state index in [1.807, 2.05) is 32.1 Å². The van der Waals surface area contributed by atoms with Gasteiger partial charge in [0.15, 0.2) is 5.78 Å². The van der Waals surface area contributed by atoms with Gasteiger partial charge >= 0.3 is 13.1 Å². The Morgan fingerprint density at radius 3 is 2.95 bits per heavy atom. The summed E-state index contributed by atoms with van der Waals surface area (Å²) >= 11 is 0. The third kappa shape index (κ3) is 4.31. The molecule has 1 aromatic carbocycles. The summed E-state index contributed by atoms with van der Waals surface area (Å²) in [6.45, 7) is 0.584. The second kappa shape index (κ2) is 6.74. The third-order valence-corrected chi connectivity index (χ3v) is 3.33. The maximum Gasteiger partial charge on any atom is 0.554 e. The highest BCUT2D eigenvalue weighted by molar-refractivity contribution is 6.52. The van der Waals surface area contributed by atoms with E-state index >= 15 is 0 Å². The van der Waals surface area contributed by atoms with Gasteiger partial charge in [0.2, 0.25) is 0 Å². The molecule has 1 unspecified atom stereocenters. The lowest BCUT2D eigenvalue weighted by atomic mass is 9.88. The van der Waals surface area contributed by atoms with Crippen molar-refractivity contribution >= 4 is 38.3 Å². The van der Waals surface area contributed by atoms with Crippen molar-refractivity contribution in [3.63, 3.8) is 0 Å². The average Bonchev–Trinajstić information content (AvgIpc) is 2.75. The van der Waals surface area contributed by atoms with Crippen molar-refractivity contribution in [1.82, 2.24) is 4.90 Å². The Morgan fingerprint density at radius 1 is 1.57 bits per heavy atom. The van der Waals surface area contributed by atoms with Crippen molar-refractivity contribution in [2.24, 2.45) is 5.92 Å². The normalized spacial score (nSPS) is 19.1. The minimum absolute atomic E-state index is 0.169. The smallest absolute Gasteiger partial charge is 0.506 e. The van der Waals surface area contributed by atoms with Crippen molar-refractivity contribution in [3.05, 3.63) is 35.8 Å². The van der Waals surface area contributed by atoms with Crippen LogP contribution >= 0.6 is 0 Å². The number of rotatable bonds is 4. The average molecular weight is 285 g/mol. The lowest BCUT2D eigenvalue weighted by Crippen LogP contribution is -2.30. The minimum atomic E-state index is -1.35. The van der Waals surface area contributed by atoms with E-state index in [9.17, 15) is 14.6 Å². The zero-order valence-corrected chi connectivity index (χ0v) is 12.2. The predicted molar refractivity (Wildman–Crippen MR) is 83.7 cm³/mol. The molecule has 108 valence electrons. The van der Waals surface area contributed by atoms with Gasteiger partial charge in [-0.3, -0.25) is 14.5 Å². The van der Waals surface area contributed by atoms with Crippen LogP contribution in [-0.4, -0.2) is 56.8 Å². The number of hydrogen-bond acceptors (Lipinski definition) is 5. The molecule has 0 spiro atoms. The highest BCUT2D eigenvalue weighted by Crippen LogP contribution is 2.13. The number of nitrogens with zero attached hydrogens (tertiary/aromatic N) is 1. The van der Waals surface area contributed by atoms with Gasteiger partial charge in [-0.2, -0.15) is 0 Å². The first kappa shape index (κ1) is 15.5. The first-order valence-corrected chi connectivity index (χ1v) is 6.80. The molecule has 1 saturated heterocycles. The van der Waals surface area contributed by atoms with Gasteiger partial charge in [0, 0.05) is 6.54 Å². The van der Waals surface area contributed by atoms with Crippen molar-refractivity contribution in [2.75, 3.05) is 20.1 Å². The molecule has 2 rings (SSSR count). The quantitative estimate of drug-likeness (QED) is 0.547. The lowest BCUT2D eigenvalue weighted by Gasteiger charge is -2.10. The fraction of sp³-hybridized carbons (Fsp3) is 0.286. The first-order chi connectivity index (χ1) is 9.95. The van der Waals surface area contributed by atoms with E-state index in [0.29, 0.717) is 6.54 Å². The maximum absolute atomic E-state index is 11.8. The Balaban J connectivity index is 1.91. The monoisotopic (exact) mass is 285 g/mol. The molecule has 1 N–H and O–H groups in total. The molecule has 1 aromatic rings. The fourth-order valence-electron chi connectivity index (χ4n) is 2.27. The molecule has 1 aliphatic heterocycles. The molecule has 7 heteroatoms. The second-order valence-corrected chi connectivity index (χ2v) is 5.32. The SMILES string of the molecule is Bc1cccc(/C=C/B(O)OC(=O)C2CN(C)CC2=O)c1. The molecule has 0 aliphatic carbocycles. The van der Waals surface area contributed by atoms with E-state index in [2.05, 4.69) is 0 Å². The second-order valence-electron chi connectivity index (χ2n) is 5.32. The van der Waals surface area contributed by atoms with Crippen LogP contribution in [0.3, 0.4) is 0 Å². The van der Waals surface area contributed by atoms with Gasteiger partial charge in [0.1, 0.15) is 13.8 Å². The Labute approximate surface area is 125 Å². The van der Waals surface area contributed by atoms with E-state index in [1.165, 1.54) is 5.98 Å². The Kier molecular flexibility index (Phi) is 4.98. The predicted octanol–water partition coefficient (Wildman–Crippen LogP) is -1.35. The molecule has 1 heterocycles. The Hall–Kier alpha value is -1.85. The number of likely N-dealkylation sites (N-methyl/N-ethyl adjacent to an activating group) is 1. The van der Waals surface area contributed by atoms with E-state index in [0.717, 1.165) is 11.0 Å². The number of likely N-dealkylation sites (tertiary alicyclic amines) is 1. The molecule has 1 fully saturated rings. The Bertz CT molecular complexity index is 576. The molecule has 0 amide bonds. The number of ketones is 1.